The van der Waals surface area contributed by atoms with Gasteiger partial charge in [-0.3, -0.25) is 0 Å². The van der Waals surface area contributed by atoms with Gasteiger partial charge in [0.15, 0.2) is 0 Å². The number of carbonyl (C=O) groups excluding carboxylic acids is 1. The van der Waals surface area contributed by atoms with Crippen LogP contribution < -0.4 is 5.14 Å². The number of sulfonamides is 1. The van der Waals surface area contributed by atoms with Gasteiger partial charge in [0.2, 0.25) is 10.0 Å². The van der Waals surface area contributed by atoms with Crippen LogP contribution in [0, 0.1) is 0 Å². The molecule has 1 aliphatic rings. The normalized spacial score (nSPS) is 18.7. The minimum Gasteiger partial charge on any atom is -0.459 e. The topological polar surface area (TPSA) is 95.7 Å². The highest BCUT2D eigenvalue weighted by Crippen LogP contribution is 2.18. The first-order valence-electron chi connectivity index (χ1n) is 6.86. The van der Waals surface area contributed by atoms with Crippen molar-refractivity contribution in [3.63, 3.8) is 0 Å². The van der Waals surface area contributed by atoms with E-state index in [2.05, 4.69) is 0 Å². The Morgan fingerprint density at radius 3 is 2.81 bits per heavy atom. The smallest absolute Gasteiger partial charge is 0.338 e. The zero-order chi connectivity index (χ0) is 15.5. The third-order valence-electron chi connectivity index (χ3n) is 3.43. The van der Waals surface area contributed by atoms with Crippen LogP contribution in [-0.2, 0) is 25.9 Å². The summed E-state index contributed by atoms with van der Waals surface area (Å²) in [6.07, 6.45) is 2.35. The van der Waals surface area contributed by atoms with E-state index in [1.807, 2.05) is 6.92 Å². The molecule has 0 spiro atoms. The van der Waals surface area contributed by atoms with E-state index in [1.54, 1.807) is 6.07 Å². The van der Waals surface area contributed by atoms with Crippen LogP contribution in [0.2, 0.25) is 0 Å². The SMILES string of the molecule is CCc1ccc(S(N)(=O)=O)cc1C(=O)OCC1CCCO1. The third kappa shape index (κ3) is 4.03. The maximum Gasteiger partial charge on any atom is 0.338 e. The molecule has 1 aliphatic heterocycles. The van der Waals surface area contributed by atoms with Crippen molar-refractivity contribution in [1.29, 1.82) is 0 Å². The number of benzene rings is 1. The highest BCUT2D eigenvalue weighted by molar-refractivity contribution is 7.89. The first kappa shape index (κ1) is 15.9. The molecule has 0 saturated carbocycles. The molecule has 1 aromatic carbocycles. The van der Waals surface area contributed by atoms with Crippen LogP contribution in [-0.4, -0.2) is 33.7 Å². The number of hydrogen-bond acceptors (Lipinski definition) is 5. The number of hydrogen-bond donors (Lipinski definition) is 1. The first-order valence-corrected chi connectivity index (χ1v) is 8.41. The standard InChI is InChI=1S/C14H19NO5S/c1-2-10-5-6-12(21(15,17)18)8-13(10)14(16)20-9-11-4-3-7-19-11/h5-6,8,11H,2-4,7,9H2,1H3,(H2,15,17,18). The van der Waals surface area contributed by atoms with E-state index in [-0.39, 0.29) is 23.2 Å². The number of carbonyl (C=O) groups is 1. The van der Waals surface area contributed by atoms with Gasteiger partial charge in [0.1, 0.15) is 6.61 Å². The van der Waals surface area contributed by atoms with Crippen molar-refractivity contribution >= 4 is 16.0 Å². The summed E-state index contributed by atoms with van der Waals surface area (Å²) in [7, 11) is -3.85. The summed E-state index contributed by atoms with van der Waals surface area (Å²) in [6.45, 7) is 2.74. The van der Waals surface area contributed by atoms with Gasteiger partial charge in [-0.2, -0.15) is 0 Å². The molecule has 21 heavy (non-hydrogen) atoms. The zero-order valence-corrected chi connectivity index (χ0v) is 12.7. The molecule has 0 amide bonds. The van der Waals surface area contributed by atoms with Crippen molar-refractivity contribution in [3.05, 3.63) is 29.3 Å². The Hall–Kier alpha value is -1.44. The van der Waals surface area contributed by atoms with Crippen molar-refractivity contribution in [2.45, 2.75) is 37.2 Å². The molecule has 0 bridgehead atoms. The van der Waals surface area contributed by atoms with Gasteiger partial charge >= 0.3 is 5.97 Å². The van der Waals surface area contributed by atoms with Crippen molar-refractivity contribution in [2.75, 3.05) is 13.2 Å². The van der Waals surface area contributed by atoms with Gasteiger partial charge in [-0.05, 0) is 37.0 Å². The molecule has 2 N–H and O–H groups in total. The van der Waals surface area contributed by atoms with Crippen molar-refractivity contribution in [3.8, 4) is 0 Å². The Morgan fingerprint density at radius 2 is 2.24 bits per heavy atom. The van der Waals surface area contributed by atoms with E-state index >= 15 is 0 Å². The number of ether oxygens (including phenoxy) is 2. The molecular formula is C14H19NO5S. The number of esters is 1. The van der Waals surface area contributed by atoms with E-state index in [9.17, 15) is 13.2 Å². The van der Waals surface area contributed by atoms with Crippen LogP contribution in [0.25, 0.3) is 0 Å². The predicted molar refractivity (Wildman–Crippen MR) is 76.4 cm³/mol. The largest absolute Gasteiger partial charge is 0.459 e. The fraction of sp³-hybridized carbons (Fsp3) is 0.500. The molecule has 1 unspecified atom stereocenters. The molecule has 1 saturated heterocycles. The summed E-state index contributed by atoms with van der Waals surface area (Å²) in [4.78, 5) is 12.1. The molecule has 6 nitrogen and oxygen atoms in total. The summed E-state index contributed by atoms with van der Waals surface area (Å²) in [5.41, 5.74) is 0.960. The quantitative estimate of drug-likeness (QED) is 0.825. The average Bonchev–Trinajstić information content (AvgIpc) is 2.96. The summed E-state index contributed by atoms with van der Waals surface area (Å²) >= 11 is 0. The number of primary sulfonamides is 1. The second-order valence-corrected chi connectivity index (χ2v) is 6.51. The highest BCUT2D eigenvalue weighted by Gasteiger charge is 2.20. The highest BCUT2D eigenvalue weighted by atomic mass is 32.2. The average molecular weight is 313 g/mol. The number of rotatable bonds is 5. The van der Waals surface area contributed by atoms with Gasteiger partial charge in [-0.25, -0.2) is 18.4 Å². The maximum absolute atomic E-state index is 12.1. The lowest BCUT2D eigenvalue weighted by molar-refractivity contribution is 0.0160. The molecule has 0 aromatic heterocycles. The Morgan fingerprint density at radius 1 is 1.48 bits per heavy atom. The summed E-state index contributed by atoms with van der Waals surface area (Å²) in [5.74, 6) is -0.548. The summed E-state index contributed by atoms with van der Waals surface area (Å²) in [6, 6.07) is 4.25. The van der Waals surface area contributed by atoms with Crippen LogP contribution in [0.3, 0.4) is 0 Å². The van der Waals surface area contributed by atoms with Crippen LogP contribution in [0.5, 0.6) is 0 Å². The van der Waals surface area contributed by atoms with Crippen molar-refractivity contribution < 1.29 is 22.7 Å². The number of nitrogens with two attached hydrogens (primary N) is 1. The van der Waals surface area contributed by atoms with Crippen molar-refractivity contribution in [2.24, 2.45) is 5.14 Å². The Labute approximate surface area is 124 Å². The van der Waals surface area contributed by atoms with Gasteiger partial charge in [-0.1, -0.05) is 13.0 Å². The molecule has 2 rings (SSSR count). The molecule has 1 atom stereocenters. The van der Waals surface area contributed by atoms with E-state index in [1.165, 1.54) is 12.1 Å². The molecule has 1 heterocycles. The van der Waals surface area contributed by atoms with Crippen LogP contribution in [0.1, 0.15) is 35.7 Å². The molecule has 1 aromatic rings. The van der Waals surface area contributed by atoms with Gasteiger partial charge in [0.05, 0.1) is 16.6 Å². The van der Waals surface area contributed by atoms with Crippen LogP contribution >= 0.6 is 0 Å². The second-order valence-electron chi connectivity index (χ2n) is 4.95. The Balaban J connectivity index is 2.17. The van der Waals surface area contributed by atoms with E-state index in [0.717, 1.165) is 18.4 Å². The minimum atomic E-state index is -3.85. The maximum atomic E-state index is 12.1. The first-order chi connectivity index (χ1) is 9.91. The van der Waals surface area contributed by atoms with Gasteiger partial charge < -0.3 is 9.47 Å². The number of aryl methyl sites for hydroxylation is 1. The van der Waals surface area contributed by atoms with Gasteiger partial charge in [0.25, 0.3) is 0 Å². The summed E-state index contributed by atoms with van der Waals surface area (Å²) in [5, 5.41) is 5.09. The van der Waals surface area contributed by atoms with Gasteiger partial charge in [0, 0.05) is 6.61 Å². The Kier molecular flexibility index (Phi) is 4.97. The lowest BCUT2D eigenvalue weighted by Crippen LogP contribution is -2.19. The fourth-order valence-electron chi connectivity index (χ4n) is 2.25. The van der Waals surface area contributed by atoms with E-state index < -0.39 is 16.0 Å². The monoisotopic (exact) mass is 313 g/mol. The minimum absolute atomic E-state index is 0.0690. The molecule has 0 aliphatic carbocycles. The molecule has 7 heteroatoms. The molecule has 1 fully saturated rings. The lowest BCUT2D eigenvalue weighted by Gasteiger charge is -2.12. The fourth-order valence-corrected chi connectivity index (χ4v) is 2.79. The zero-order valence-electron chi connectivity index (χ0n) is 11.9. The van der Waals surface area contributed by atoms with Crippen LogP contribution in [0.4, 0.5) is 0 Å². The van der Waals surface area contributed by atoms with E-state index in [4.69, 9.17) is 14.6 Å². The molecule has 116 valence electrons. The molecular weight excluding hydrogens is 294 g/mol. The second kappa shape index (κ2) is 6.55. The van der Waals surface area contributed by atoms with Gasteiger partial charge in [-0.15, -0.1) is 0 Å². The van der Waals surface area contributed by atoms with Crippen LogP contribution in [0.15, 0.2) is 23.1 Å². The Bertz CT molecular complexity index is 620. The van der Waals surface area contributed by atoms with Crippen molar-refractivity contribution in [1.82, 2.24) is 0 Å². The molecule has 0 radical (unpaired) electrons. The predicted octanol–water partition coefficient (Wildman–Crippen LogP) is 1.23. The van der Waals surface area contributed by atoms with E-state index in [0.29, 0.717) is 13.0 Å². The third-order valence-corrected chi connectivity index (χ3v) is 4.35. The summed E-state index contributed by atoms with van der Waals surface area (Å²) < 4.78 is 33.4. The lowest BCUT2D eigenvalue weighted by atomic mass is 10.1.